The van der Waals surface area contributed by atoms with Crippen molar-refractivity contribution in [1.82, 2.24) is 0 Å². The molecule has 7 aromatic rings. The SMILES string of the molecule is CC1(C)c2ccccc2N2c3ccc(N(c4ccc(-c5ccccc5)cc4)c4cccc(-c5ccccc5)c4)cc3C(C)(C)c3cccc1c32. The number of fused-ring (bicyclic) bond motifs is 4. The number of benzene rings is 7. The van der Waals surface area contributed by atoms with Crippen LogP contribution in [0.4, 0.5) is 34.1 Å². The monoisotopic (exact) mass is 644 g/mol. The summed E-state index contributed by atoms with van der Waals surface area (Å²) >= 11 is 0. The number of nitrogens with zero attached hydrogens (tertiary/aromatic N) is 2. The van der Waals surface area contributed by atoms with Crippen LogP contribution >= 0.6 is 0 Å². The van der Waals surface area contributed by atoms with Crippen molar-refractivity contribution in [3.05, 3.63) is 192 Å². The maximum Gasteiger partial charge on any atom is 0.0543 e. The van der Waals surface area contributed by atoms with Gasteiger partial charge in [0.05, 0.1) is 17.1 Å². The third kappa shape index (κ3) is 4.63. The van der Waals surface area contributed by atoms with Gasteiger partial charge in [-0.15, -0.1) is 0 Å². The topological polar surface area (TPSA) is 6.48 Å². The minimum absolute atomic E-state index is 0.0988. The highest BCUT2D eigenvalue weighted by molar-refractivity contribution is 5.94. The predicted octanol–water partition coefficient (Wildman–Crippen LogP) is 13.2. The fourth-order valence-corrected chi connectivity index (χ4v) is 8.35. The number of rotatable bonds is 5. The lowest BCUT2D eigenvalue weighted by Gasteiger charge is -2.49. The summed E-state index contributed by atoms with van der Waals surface area (Å²) < 4.78 is 0. The Labute approximate surface area is 295 Å². The van der Waals surface area contributed by atoms with E-state index in [-0.39, 0.29) is 10.8 Å². The number of anilines is 6. The molecule has 2 heteroatoms. The molecule has 2 nitrogen and oxygen atoms in total. The smallest absolute Gasteiger partial charge is 0.0543 e. The molecule has 7 aromatic carbocycles. The molecule has 0 amide bonds. The average molecular weight is 645 g/mol. The fourth-order valence-electron chi connectivity index (χ4n) is 8.35. The Bertz CT molecular complexity index is 2370. The first kappa shape index (κ1) is 30.2. The van der Waals surface area contributed by atoms with Gasteiger partial charge in [0.15, 0.2) is 0 Å². The summed E-state index contributed by atoms with van der Waals surface area (Å²) in [5.41, 5.74) is 17.2. The standard InChI is InChI=1S/C48H40N2/c1-47(2)40-21-11-12-24-44(40)50-45-30-29-39(32-43(45)48(3,4)42-23-14-22-41(47)46(42)50)49(37-27-25-35(26-28-37)33-15-7-5-8-16-33)38-20-13-19-36(31-38)34-17-9-6-10-18-34/h5-32H,1-4H3. The van der Waals surface area contributed by atoms with Crippen molar-refractivity contribution in [1.29, 1.82) is 0 Å². The van der Waals surface area contributed by atoms with E-state index in [1.54, 1.807) is 0 Å². The summed E-state index contributed by atoms with van der Waals surface area (Å²) in [6.45, 7) is 9.53. The van der Waals surface area contributed by atoms with Crippen molar-refractivity contribution in [3.63, 3.8) is 0 Å². The Morgan fingerprint density at radius 3 is 1.54 bits per heavy atom. The van der Waals surface area contributed by atoms with Crippen LogP contribution in [0, 0.1) is 0 Å². The second-order valence-electron chi connectivity index (χ2n) is 14.7. The Kier molecular flexibility index (Phi) is 6.86. The van der Waals surface area contributed by atoms with E-state index in [1.165, 1.54) is 61.6 Å². The summed E-state index contributed by atoms with van der Waals surface area (Å²) in [5.74, 6) is 0. The lowest BCUT2D eigenvalue weighted by atomic mass is 9.66. The third-order valence-electron chi connectivity index (χ3n) is 11.0. The first-order chi connectivity index (χ1) is 24.3. The molecule has 50 heavy (non-hydrogen) atoms. The molecule has 2 heterocycles. The molecule has 0 fully saturated rings. The second kappa shape index (κ2) is 11.4. The van der Waals surface area contributed by atoms with Crippen LogP contribution in [0.2, 0.25) is 0 Å². The van der Waals surface area contributed by atoms with Crippen molar-refractivity contribution in [2.45, 2.75) is 38.5 Å². The van der Waals surface area contributed by atoms with Crippen molar-refractivity contribution in [3.8, 4) is 22.3 Å². The number of hydrogen-bond donors (Lipinski definition) is 0. The zero-order chi connectivity index (χ0) is 34.0. The van der Waals surface area contributed by atoms with Crippen molar-refractivity contribution < 1.29 is 0 Å². The fraction of sp³-hybridized carbons (Fsp3) is 0.125. The quantitative estimate of drug-likeness (QED) is 0.184. The zero-order valence-electron chi connectivity index (χ0n) is 29.1. The molecule has 0 spiro atoms. The van der Waals surface area contributed by atoms with E-state index in [0.717, 1.165) is 17.1 Å². The summed E-state index contributed by atoms with van der Waals surface area (Å²) in [4.78, 5) is 4.95. The summed E-state index contributed by atoms with van der Waals surface area (Å²) in [6, 6.07) is 62.2. The van der Waals surface area contributed by atoms with Crippen LogP contribution in [0.5, 0.6) is 0 Å². The van der Waals surface area contributed by atoms with Crippen LogP contribution in [0.1, 0.15) is 49.9 Å². The van der Waals surface area contributed by atoms with Crippen LogP contribution < -0.4 is 9.80 Å². The van der Waals surface area contributed by atoms with Gasteiger partial charge in [0.25, 0.3) is 0 Å². The number of hydrogen-bond acceptors (Lipinski definition) is 2. The van der Waals surface area contributed by atoms with Gasteiger partial charge in [0.2, 0.25) is 0 Å². The molecule has 0 atom stereocenters. The van der Waals surface area contributed by atoms with Crippen LogP contribution in [-0.2, 0) is 10.8 Å². The molecule has 9 rings (SSSR count). The van der Waals surface area contributed by atoms with Gasteiger partial charge in [-0.05, 0) is 93.0 Å². The van der Waals surface area contributed by atoms with Gasteiger partial charge in [-0.2, -0.15) is 0 Å². The molecule has 242 valence electrons. The summed E-state index contributed by atoms with van der Waals surface area (Å²) in [7, 11) is 0. The average Bonchev–Trinajstić information content (AvgIpc) is 3.16. The molecule has 0 unspecified atom stereocenters. The molecular weight excluding hydrogens is 605 g/mol. The van der Waals surface area contributed by atoms with Gasteiger partial charge >= 0.3 is 0 Å². The van der Waals surface area contributed by atoms with E-state index >= 15 is 0 Å². The van der Waals surface area contributed by atoms with Crippen molar-refractivity contribution >= 4 is 34.1 Å². The van der Waals surface area contributed by atoms with E-state index in [1.807, 2.05) is 0 Å². The van der Waals surface area contributed by atoms with Crippen molar-refractivity contribution in [2.75, 3.05) is 9.80 Å². The van der Waals surface area contributed by atoms with Gasteiger partial charge < -0.3 is 9.80 Å². The van der Waals surface area contributed by atoms with Gasteiger partial charge in [0.1, 0.15) is 0 Å². The molecule has 0 aliphatic carbocycles. The van der Waals surface area contributed by atoms with E-state index < -0.39 is 0 Å². The summed E-state index contributed by atoms with van der Waals surface area (Å²) in [5, 5.41) is 0. The Morgan fingerprint density at radius 2 is 0.840 bits per heavy atom. The molecule has 0 radical (unpaired) electrons. The summed E-state index contributed by atoms with van der Waals surface area (Å²) in [6.07, 6.45) is 0. The maximum absolute atomic E-state index is 2.53. The van der Waals surface area contributed by atoms with Gasteiger partial charge in [-0.3, -0.25) is 0 Å². The van der Waals surface area contributed by atoms with E-state index in [0.29, 0.717) is 0 Å². The lowest BCUT2D eigenvalue weighted by Crippen LogP contribution is -2.38. The lowest BCUT2D eigenvalue weighted by molar-refractivity contribution is 0.597. The second-order valence-corrected chi connectivity index (χ2v) is 14.7. The Hall–Kier alpha value is -5.86. The highest BCUT2D eigenvalue weighted by Gasteiger charge is 2.45. The molecule has 2 aliphatic rings. The van der Waals surface area contributed by atoms with Crippen LogP contribution in [0.15, 0.2) is 170 Å². The van der Waals surface area contributed by atoms with Crippen molar-refractivity contribution in [2.24, 2.45) is 0 Å². The normalized spacial score (nSPS) is 14.7. The minimum Gasteiger partial charge on any atom is -0.310 e. The van der Waals surface area contributed by atoms with Crippen LogP contribution in [-0.4, -0.2) is 0 Å². The van der Waals surface area contributed by atoms with Gasteiger partial charge in [-0.25, -0.2) is 0 Å². The Morgan fingerprint density at radius 1 is 0.360 bits per heavy atom. The Balaban J connectivity index is 1.24. The first-order valence-electron chi connectivity index (χ1n) is 17.6. The molecule has 0 aromatic heterocycles. The van der Waals surface area contributed by atoms with Gasteiger partial charge in [0, 0.05) is 27.9 Å². The van der Waals surface area contributed by atoms with Crippen LogP contribution in [0.25, 0.3) is 22.3 Å². The molecule has 0 saturated carbocycles. The van der Waals surface area contributed by atoms with E-state index in [9.17, 15) is 0 Å². The molecular formula is C48H40N2. The molecule has 0 N–H and O–H groups in total. The highest BCUT2D eigenvalue weighted by atomic mass is 15.2. The van der Waals surface area contributed by atoms with Gasteiger partial charge in [-0.1, -0.05) is 149 Å². The van der Waals surface area contributed by atoms with Crippen LogP contribution in [0.3, 0.4) is 0 Å². The maximum atomic E-state index is 2.53. The molecule has 2 aliphatic heterocycles. The third-order valence-corrected chi connectivity index (χ3v) is 11.0. The minimum atomic E-state index is -0.218. The first-order valence-corrected chi connectivity index (χ1v) is 17.6. The number of para-hydroxylation sites is 2. The largest absolute Gasteiger partial charge is 0.310 e. The van der Waals surface area contributed by atoms with E-state index in [4.69, 9.17) is 0 Å². The van der Waals surface area contributed by atoms with E-state index in [2.05, 4.69) is 207 Å². The predicted molar refractivity (Wildman–Crippen MR) is 211 cm³/mol. The molecule has 0 bridgehead atoms. The zero-order valence-corrected chi connectivity index (χ0v) is 29.1. The highest BCUT2D eigenvalue weighted by Crippen LogP contribution is 2.60. The molecule has 0 saturated heterocycles.